The first-order valence-corrected chi connectivity index (χ1v) is 12.7. The fourth-order valence-corrected chi connectivity index (χ4v) is 4.09. The summed E-state index contributed by atoms with van der Waals surface area (Å²) < 4.78 is 69.9. The Morgan fingerprint density at radius 2 is 1.29 bits per heavy atom. The monoisotopic (exact) mass is 578 g/mol. The Morgan fingerprint density at radius 1 is 0.871 bits per heavy atom. The summed E-state index contributed by atoms with van der Waals surface area (Å²) in [5.74, 6) is -0.875. The molecule has 0 radical (unpaired) electrons. The zero-order chi connectivity index (χ0) is 23.4. The highest BCUT2D eigenvalue weighted by molar-refractivity contribution is 14.1. The van der Waals surface area contributed by atoms with Crippen molar-refractivity contribution < 1.29 is 35.5 Å². The molecule has 0 unspecified atom stereocenters. The van der Waals surface area contributed by atoms with Crippen LogP contribution in [0.15, 0.2) is 46.2 Å². The van der Waals surface area contributed by atoms with Gasteiger partial charge in [-0.15, -0.1) is 0 Å². The van der Waals surface area contributed by atoms with E-state index in [0.717, 1.165) is 24.3 Å². The van der Waals surface area contributed by atoms with E-state index < -0.39 is 41.8 Å². The van der Waals surface area contributed by atoms with Gasteiger partial charge in [0.25, 0.3) is 0 Å². The van der Waals surface area contributed by atoms with Gasteiger partial charge in [-0.3, -0.25) is 9.59 Å². The van der Waals surface area contributed by atoms with Gasteiger partial charge in [-0.25, -0.2) is 16.8 Å². The van der Waals surface area contributed by atoms with Crippen molar-refractivity contribution in [2.45, 2.75) is 16.7 Å². The predicted octanol–water partition coefficient (Wildman–Crippen LogP) is 2.00. The van der Waals surface area contributed by atoms with E-state index in [-0.39, 0.29) is 26.9 Å². The van der Waals surface area contributed by atoms with Crippen LogP contribution in [-0.4, -0.2) is 42.2 Å². The minimum Gasteiger partial charge on any atom is -0.744 e. The summed E-state index contributed by atoms with van der Waals surface area (Å²) in [4.78, 5) is 21.4. The van der Waals surface area contributed by atoms with Gasteiger partial charge in [0.05, 0.1) is 14.2 Å². The zero-order valence-corrected chi connectivity index (χ0v) is 19.6. The highest BCUT2D eigenvalue weighted by Gasteiger charge is 2.12. The van der Waals surface area contributed by atoms with Crippen molar-refractivity contribution in [3.8, 4) is 0 Å². The lowest BCUT2D eigenvalue weighted by Gasteiger charge is -2.14. The van der Waals surface area contributed by atoms with E-state index in [2.05, 4.69) is 10.6 Å². The van der Waals surface area contributed by atoms with Crippen LogP contribution in [0.5, 0.6) is 0 Å². The molecule has 2 rings (SSSR count). The number of hydrogen-bond donors (Lipinski definition) is 2. The van der Waals surface area contributed by atoms with E-state index in [1.165, 1.54) is 31.2 Å². The van der Waals surface area contributed by atoms with Crippen LogP contribution in [0, 0.1) is 0 Å². The van der Waals surface area contributed by atoms with Gasteiger partial charge in [0.2, 0.25) is 11.8 Å². The molecule has 0 aliphatic carbocycles. The first-order valence-electron chi connectivity index (χ1n) is 8.32. The molecule has 0 saturated carbocycles. The number of carbonyl (C=O) groups is 2. The van der Waals surface area contributed by atoms with E-state index in [1.54, 1.807) is 0 Å². The van der Waals surface area contributed by atoms with Crippen LogP contribution in [0.1, 0.15) is 18.1 Å². The van der Waals surface area contributed by atoms with Crippen molar-refractivity contribution in [2.75, 3.05) is 15.1 Å². The van der Waals surface area contributed by atoms with Gasteiger partial charge >= 0.3 is 0 Å². The van der Waals surface area contributed by atoms with Gasteiger partial charge in [-0.05, 0) is 35.4 Å². The number of benzene rings is 2. The minimum absolute atomic E-state index is 0.0808. The number of amides is 2. The largest absolute Gasteiger partial charge is 0.744 e. The molecule has 0 aliphatic heterocycles. The molecule has 10 nitrogen and oxygen atoms in total. The molecule has 13 heteroatoms. The maximum absolute atomic E-state index is 11.7. The second kappa shape index (κ2) is 9.86. The molecule has 2 aromatic carbocycles. The highest BCUT2D eigenvalue weighted by Crippen LogP contribution is 2.26. The molecule has 0 saturated heterocycles. The Hall–Kier alpha value is -2.33. The van der Waals surface area contributed by atoms with Crippen LogP contribution in [0.4, 0.5) is 11.4 Å². The Balaban J connectivity index is 2.54. The summed E-state index contributed by atoms with van der Waals surface area (Å²) in [5.41, 5.74) is 0.0104. The smallest absolute Gasteiger partial charge is 0.234 e. The number of nitrogens with one attached hydrogen (secondary N) is 2. The summed E-state index contributed by atoms with van der Waals surface area (Å²) in [5, 5.41) is 4.78. The third kappa shape index (κ3) is 7.10. The number of rotatable bonds is 7. The molecule has 2 aromatic rings. The highest BCUT2D eigenvalue weighted by atomic mass is 127. The van der Waals surface area contributed by atoms with E-state index in [0.29, 0.717) is 0 Å². The van der Waals surface area contributed by atoms with Gasteiger partial charge in [0, 0.05) is 18.3 Å². The maximum Gasteiger partial charge on any atom is 0.234 e. The van der Waals surface area contributed by atoms with Gasteiger partial charge in [-0.2, -0.15) is 0 Å². The van der Waals surface area contributed by atoms with Gasteiger partial charge < -0.3 is 19.7 Å². The molecule has 0 heterocycles. The van der Waals surface area contributed by atoms with Crippen LogP contribution in [0.2, 0.25) is 0 Å². The topological polar surface area (TPSA) is 173 Å². The summed E-state index contributed by atoms with van der Waals surface area (Å²) >= 11 is 1.81. The van der Waals surface area contributed by atoms with Crippen molar-refractivity contribution in [1.82, 2.24) is 0 Å². The average Bonchev–Trinajstić information content (AvgIpc) is 2.65. The summed E-state index contributed by atoms with van der Waals surface area (Å²) in [6, 6.07) is 7.16. The number of alkyl halides is 1. The normalized spacial score (nSPS) is 12.0. The predicted molar refractivity (Wildman–Crippen MR) is 120 cm³/mol. The molecule has 0 spiro atoms. The first kappa shape index (κ1) is 24.9. The fraction of sp³-hybridized carbons (Fsp3) is 0.111. The number of halogens is 1. The fourth-order valence-electron chi connectivity index (χ4n) is 2.51. The summed E-state index contributed by atoms with van der Waals surface area (Å²) in [6.07, 6.45) is 2.30. The second-order valence-corrected chi connectivity index (χ2v) is 9.57. The van der Waals surface area contributed by atoms with E-state index in [4.69, 9.17) is 0 Å². The molecule has 0 fully saturated rings. The van der Waals surface area contributed by atoms with E-state index >= 15 is 0 Å². The maximum atomic E-state index is 11.7. The van der Waals surface area contributed by atoms with Gasteiger partial charge in [0.15, 0.2) is 0 Å². The Bertz CT molecular complexity index is 1270. The van der Waals surface area contributed by atoms with Crippen molar-refractivity contribution in [2.24, 2.45) is 0 Å². The zero-order valence-electron chi connectivity index (χ0n) is 15.8. The Labute approximate surface area is 192 Å². The molecular weight excluding hydrogens is 563 g/mol. The summed E-state index contributed by atoms with van der Waals surface area (Å²) in [6.45, 7) is 1.20. The number of carbonyl (C=O) groups excluding carboxylic acids is 2. The van der Waals surface area contributed by atoms with Crippen LogP contribution in [0.3, 0.4) is 0 Å². The second-order valence-electron chi connectivity index (χ2n) is 6.11. The molecule has 0 atom stereocenters. The lowest BCUT2D eigenvalue weighted by Crippen LogP contribution is -2.13. The molecule has 2 N–H and O–H groups in total. The Morgan fingerprint density at radius 3 is 1.65 bits per heavy atom. The van der Waals surface area contributed by atoms with Crippen molar-refractivity contribution >= 4 is 78.2 Å². The third-order valence-corrected chi connectivity index (χ3v) is 6.21. The van der Waals surface area contributed by atoms with Crippen LogP contribution in [0.25, 0.3) is 12.2 Å². The molecule has 166 valence electrons. The lowest BCUT2D eigenvalue weighted by molar-refractivity contribution is -0.114. The van der Waals surface area contributed by atoms with Crippen LogP contribution in [-0.2, 0) is 29.8 Å². The minimum atomic E-state index is -4.94. The SMILES string of the molecule is CC(=O)Nc1ccc(/C=C/c2ccc(NC(=O)CI)cc2S(=O)(=O)[O-])c(S(=O)(=O)[O-])c1. The number of hydrogen-bond acceptors (Lipinski definition) is 8. The molecule has 0 bridgehead atoms. The van der Waals surface area contributed by atoms with Crippen LogP contribution < -0.4 is 10.6 Å². The first-order chi connectivity index (χ1) is 14.3. The van der Waals surface area contributed by atoms with Gasteiger partial charge in [-0.1, -0.05) is 46.9 Å². The average molecular weight is 578 g/mol. The molecular formula is C18H15IN2O8S2-2. The molecule has 2 amide bonds. The molecule has 31 heavy (non-hydrogen) atoms. The lowest BCUT2D eigenvalue weighted by atomic mass is 10.1. The van der Waals surface area contributed by atoms with Crippen molar-refractivity contribution in [3.05, 3.63) is 47.5 Å². The number of anilines is 2. The Kier molecular flexibility index (Phi) is 7.93. The third-order valence-electron chi connectivity index (χ3n) is 3.73. The van der Waals surface area contributed by atoms with Crippen LogP contribution >= 0.6 is 22.6 Å². The van der Waals surface area contributed by atoms with Gasteiger partial charge in [0.1, 0.15) is 20.2 Å². The van der Waals surface area contributed by atoms with E-state index in [9.17, 15) is 35.5 Å². The van der Waals surface area contributed by atoms with Crippen molar-refractivity contribution in [1.29, 1.82) is 0 Å². The van der Waals surface area contributed by atoms with Crippen molar-refractivity contribution in [3.63, 3.8) is 0 Å². The quantitative estimate of drug-likeness (QED) is 0.217. The standard InChI is InChI=1S/C18H17IN2O8S2/c1-11(22)20-14-6-4-12(16(8-14)30(24,25)26)2-3-13-5-7-15(21-18(23)10-19)9-17(13)31(27,28)29/h2-9H,10H2,1H3,(H,20,22)(H,21,23)(H,24,25,26)(H,27,28,29)/p-2/b3-2+. The molecule has 0 aromatic heterocycles. The summed E-state index contributed by atoms with van der Waals surface area (Å²) in [7, 11) is -9.88. The van der Waals surface area contributed by atoms with E-state index in [1.807, 2.05) is 22.6 Å². The molecule has 0 aliphatic rings.